The van der Waals surface area contributed by atoms with E-state index in [4.69, 9.17) is 0 Å². The molecule has 0 fully saturated rings. The summed E-state index contributed by atoms with van der Waals surface area (Å²) in [6, 6.07) is 6.07. The Labute approximate surface area is 111 Å². The SMILES string of the molecule is CNCc1ncn(C)c1-c1ccc2c(c1)CC(=O)N2. The van der Waals surface area contributed by atoms with Crippen molar-refractivity contribution in [2.45, 2.75) is 13.0 Å². The van der Waals surface area contributed by atoms with Crippen molar-refractivity contribution in [3.63, 3.8) is 0 Å². The molecule has 2 N–H and O–H groups in total. The van der Waals surface area contributed by atoms with Crippen LogP contribution in [0.25, 0.3) is 11.3 Å². The van der Waals surface area contributed by atoms with Gasteiger partial charge in [0, 0.05) is 24.8 Å². The van der Waals surface area contributed by atoms with Crippen LogP contribution in [0.3, 0.4) is 0 Å². The Balaban J connectivity index is 2.06. The number of hydrogen-bond donors (Lipinski definition) is 2. The summed E-state index contributed by atoms with van der Waals surface area (Å²) in [6.45, 7) is 0.727. The summed E-state index contributed by atoms with van der Waals surface area (Å²) in [5, 5.41) is 5.98. The summed E-state index contributed by atoms with van der Waals surface area (Å²) in [5.74, 6) is 0.0626. The number of carbonyl (C=O) groups excluding carboxylic acids is 1. The number of anilines is 1. The first-order chi connectivity index (χ1) is 9.19. The molecule has 0 unspecified atom stereocenters. The van der Waals surface area contributed by atoms with Gasteiger partial charge in [0.2, 0.25) is 5.91 Å². The first-order valence-corrected chi connectivity index (χ1v) is 6.27. The van der Waals surface area contributed by atoms with Gasteiger partial charge in [-0.1, -0.05) is 6.07 Å². The molecule has 0 spiro atoms. The van der Waals surface area contributed by atoms with Crippen molar-refractivity contribution in [2.24, 2.45) is 7.05 Å². The topological polar surface area (TPSA) is 59.0 Å². The van der Waals surface area contributed by atoms with Gasteiger partial charge in [-0.2, -0.15) is 0 Å². The van der Waals surface area contributed by atoms with E-state index in [0.717, 1.165) is 34.7 Å². The van der Waals surface area contributed by atoms with Crippen LogP contribution in [-0.4, -0.2) is 22.5 Å². The maximum atomic E-state index is 11.4. The number of carbonyl (C=O) groups is 1. The maximum absolute atomic E-state index is 11.4. The molecule has 1 aromatic heterocycles. The first-order valence-electron chi connectivity index (χ1n) is 6.27. The molecule has 2 heterocycles. The highest BCUT2D eigenvalue weighted by atomic mass is 16.1. The van der Waals surface area contributed by atoms with Crippen LogP contribution in [0.5, 0.6) is 0 Å². The van der Waals surface area contributed by atoms with Gasteiger partial charge in [0.25, 0.3) is 0 Å². The summed E-state index contributed by atoms with van der Waals surface area (Å²) in [7, 11) is 3.89. The van der Waals surface area contributed by atoms with Crippen molar-refractivity contribution in [1.82, 2.24) is 14.9 Å². The largest absolute Gasteiger partial charge is 0.333 e. The number of aryl methyl sites for hydroxylation is 1. The number of amides is 1. The van der Waals surface area contributed by atoms with E-state index in [-0.39, 0.29) is 5.91 Å². The standard InChI is InChI=1S/C14H16N4O/c1-15-7-12-14(18(2)8-16-12)9-3-4-11-10(5-9)6-13(19)17-11/h3-5,8,15H,6-7H2,1-2H3,(H,17,19). The highest BCUT2D eigenvalue weighted by Gasteiger charge is 2.19. The third-order valence-electron chi connectivity index (χ3n) is 3.36. The van der Waals surface area contributed by atoms with E-state index in [9.17, 15) is 4.79 Å². The second-order valence-electron chi connectivity index (χ2n) is 4.78. The minimum atomic E-state index is 0.0626. The van der Waals surface area contributed by atoms with E-state index in [0.29, 0.717) is 6.42 Å². The van der Waals surface area contributed by atoms with Gasteiger partial charge < -0.3 is 15.2 Å². The number of benzene rings is 1. The van der Waals surface area contributed by atoms with Crippen LogP contribution >= 0.6 is 0 Å². The van der Waals surface area contributed by atoms with E-state index in [1.54, 1.807) is 0 Å². The Morgan fingerprint density at radius 3 is 3.11 bits per heavy atom. The molecule has 19 heavy (non-hydrogen) atoms. The fourth-order valence-electron chi connectivity index (χ4n) is 2.52. The van der Waals surface area contributed by atoms with Crippen LogP contribution in [0.4, 0.5) is 5.69 Å². The highest BCUT2D eigenvalue weighted by molar-refractivity contribution is 5.99. The van der Waals surface area contributed by atoms with Crippen molar-refractivity contribution < 1.29 is 4.79 Å². The number of aromatic nitrogens is 2. The minimum absolute atomic E-state index is 0.0626. The molecule has 3 rings (SSSR count). The van der Waals surface area contributed by atoms with Crippen molar-refractivity contribution in [3.8, 4) is 11.3 Å². The number of hydrogen-bond acceptors (Lipinski definition) is 3. The molecule has 1 aliphatic heterocycles. The molecule has 0 atom stereocenters. The normalized spacial score (nSPS) is 13.5. The highest BCUT2D eigenvalue weighted by Crippen LogP contribution is 2.30. The Bertz CT molecular complexity index is 645. The molecule has 0 saturated carbocycles. The van der Waals surface area contributed by atoms with Crippen molar-refractivity contribution in [2.75, 3.05) is 12.4 Å². The predicted molar refractivity (Wildman–Crippen MR) is 73.7 cm³/mol. The molecule has 1 amide bonds. The number of imidazole rings is 1. The Morgan fingerprint density at radius 1 is 1.47 bits per heavy atom. The minimum Gasteiger partial charge on any atom is -0.333 e. The molecule has 0 bridgehead atoms. The Kier molecular flexibility index (Phi) is 2.83. The van der Waals surface area contributed by atoms with Gasteiger partial charge >= 0.3 is 0 Å². The average Bonchev–Trinajstić information content (AvgIpc) is 2.91. The van der Waals surface area contributed by atoms with Crippen LogP contribution in [0.15, 0.2) is 24.5 Å². The van der Waals surface area contributed by atoms with E-state index in [1.807, 2.05) is 37.1 Å². The quantitative estimate of drug-likeness (QED) is 0.870. The Morgan fingerprint density at radius 2 is 2.32 bits per heavy atom. The van der Waals surface area contributed by atoms with Gasteiger partial charge in [-0.15, -0.1) is 0 Å². The lowest BCUT2D eigenvalue weighted by Gasteiger charge is -2.08. The molecule has 0 radical (unpaired) electrons. The molecule has 5 heteroatoms. The molecular formula is C14H16N4O. The molecule has 5 nitrogen and oxygen atoms in total. The smallest absolute Gasteiger partial charge is 0.228 e. The maximum Gasteiger partial charge on any atom is 0.228 e. The fourth-order valence-corrected chi connectivity index (χ4v) is 2.52. The van der Waals surface area contributed by atoms with Crippen LogP contribution in [-0.2, 0) is 24.8 Å². The molecule has 0 saturated heterocycles. The van der Waals surface area contributed by atoms with Gasteiger partial charge in [-0.25, -0.2) is 4.98 Å². The molecular weight excluding hydrogens is 240 g/mol. The molecule has 1 aliphatic rings. The fraction of sp³-hybridized carbons (Fsp3) is 0.286. The monoisotopic (exact) mass is 256 g/mol. The molecule has 1 aromatic carbocycles. The van der Waals surface area contributed by atoms with Crippen LogP contribution in [0, 0.1) is 0 Å². The van der Waals surface area contributed by atoms with Crippen molar-refractivity contribution in [3.05, 3.63) is 35.8 Å². The second-order valence-corrected chi connectivity index (χ2v) is 4.78. The van der Waals surface area contributed by atoms with Crippen LogP contribution < -0.4 is 10.6 Å². The van der Waals surface area contributed by atoms with Gasteiger partial charge in [0.1, 0.15) is 0 Å². The second kappa shape index (κ2) is 4.51. The van der Waals surface area contributed by atoms with E-state index in [2.05, 4.69) is 21.7 Å². The summed E-state index contributed by atoms with van der Waals surface area (Å²) in [5.41, 5.74) is 5.18. The summed E-state index contributed by atoms with van der Waals surface area (Å²) in [6.07, 6.45) is 2.28. The lowest BCUT2D eigenvalue weighted by atomic mass is 10.0. The summed E-state index contributed by atoms with van der Waals surface area (Å²) >= 11 is 0. The lowest BCUT2D eigenvalue weighted by molar-refractivity contribution is -0.115. The Hall–Kier alpha value is -2.14. The lowest BCUT2D eigenvalue weighted by Crippen LogP contribution is -2.07. The van der Waals surface area contributed by atoms with Crippen LogP contribution in [0.2, 0.25) is 0 Å². The van der Waals surface area contributed by atoms with Gasteiger partial charge in [-0.05, 0) is 24.7 Å². The number of nitrogens with zero attached hydrogens (tertiary/aromatic N) is 2. The summed E-state index contributed by atoms with van der Waals surface area (Å²) < 4.78 is 2.01. The zero-order valence-electron chi connectivity index (χ0n) is 11.0. The van der Waals surface area contributed by atoms with Gasteiger partial charge in [0.05, 0.1) is 24.1 Å². The number of nitrogens with one attached hydrogen (secondary N) is 2. The number of fused-ring (bicyclic) bond motifs is 1. The van der Waals surface area contributed by atoms with E-state index < -0.39 is 0 Å². The van der Waals surface area contributed by atoms with Gasteiger partial charge in [-0.3, -0.25) is 4.79 Å². The molecule has 0 aliphatic carbocycles. The third-order valence-corrected chi connectivity index (χ3v) is 3.36. The number of rotatable bonds is 3. The zero-order chi connectivity index (χ0) is 13.4. The third kappa shape index (κ3) is 2.02. The zero-order valence-corrected chi connectivity index (χ0v) is 11.0. The van der Waals surface area contributed by atoms with Crippen molar-refractivity contribution in [1.29, 1.82) is 0 Å². The van der Waals surface area contributed by atoms with Crippen molar-refractivity contribution >= 4 is 11.6 Å². The first kappa shape index (κ1) is 11.9. The van der Waals surface area contributed by atoms with E-state index >= 15 is 0 Å². The van der Waals surface area contributed by atoms with Gasteiger partial charge in [0.15, 0.2) is 0 Å². The molecule has 2 aromatic rings. The predicted octanol–water partition coefficient (Wildman–Crippen LogP) is 1.30. The molecule has 98 valence electrons. The van der Waals surface area contributed by atoms with Crippen LogP contribution in [0.1, 0.15) is 11.3 Å². The summed E-state index contributed by atoms with van der Waals surface area (Å²) in [4.78, 5) is 15.8. The van der Waals surface area contributed by atoms with E-state index in [1.165, 1.54) is 0 Å². The average molecular weight is 256 g/mol.